The molecule has 1 aliphatic carbocycles. The van der Waals surface area contributed by atoms with E-state index in [4.69, 9.17) is 9.47 Å². The molecule has 1 saturated carbocycles. The number of rotatable bonds is 7. The van der Waals surface area contributed by atoms with Gasteiger partial charge in [-0.1, -0.05) is 38.1 Å². The molecule has 0 bridgehead atoms. The fraction of sp³-hybridized carbons (Fsp3) is 0.346. The average Bonchev–Trinajstić information content (AvgIpc) is 3.28. The van der Waals surface area contributed by atoms with E-state index in [0.717, 1.165) is 37.1 Å². The molecule has 1 aliphatic rings. The minimum Gasteiger partial charge on any atom is -0.483 e. The molecule has 0 saturated heterocycles. The van der Waals surface area contributed by atoms with E-state index in [2.05, 4.69) is 4.74 Å². The van der Waals surface area contributed by atoms with Crippen molar-refractivity contribution in [1.29, 1.82) is 0 Å². The van der Waals surface area contributed by atoms with Gasteiger partial charge in [0.2, 0.25) is 0 Å². The van der Waals surface area contributed by atoms with Gasteiger partial charge in [0, 0.05) is 10.8 Å². The zero-order chi connectivity index (χ0) is 27.0. The van der Waals surface area contributed by atoms with Crippen LogP contribution in [0.5, 0.6) is 17.2 Å². The van der Waals surface area contributed by atoms with Crippen molar-refractivity contribution in [2.75, 3.05) is 0 Å². The molecular formula is C26H25F3O7S. The molecule has 0 spiro atoms. The fourth-order valence-electron chi connectivity index (χ4n) is 4.63. The van der Waals surface area contributed by atoms with Gasteiger partial charge in [-0.3, -0.25) is 4.55 Å². The smallest absolute Gasteiger partial charge is 0.483 e. The predicted octanol–water partition coefficient (Wildman–Crippen LogP) is 6.55. The average molecular weight is 539 g/mol. The SMILES string of the molecule is CC(C)C1(Oc2cc(C(=O)Oc3ccc(S(=O)(=O)O)c4ccccc34)ccc2OC(F)(F)F)CCCC1. The lowest BCUT2D eigenvalue weighted by Gasteiger charge is -2.35. The van der Waals surface area contributed by atoms with Crippen molar-refractivity contribution in [3.63, 3.8) is 0 Å². The predicted molar refractivity (Wildman–Crippen MR) is 129 cm³/mol. The number of alkyl halides is 3. The molecule has 11 heteroatoms. The minimum atomic E-state index is -4.96. The highest BCUT2D eigenvalue weighted by atomic mass is 32.2. The molecule has 0 aliphatic heterocycles. The third kappa shape index (κ3) is 5.83. The number of fused-ring (bicyclic) bond motifs is 1. The molecule has 0 radical (unpaired) electrons. The molecule has 7 nitrogen and oxygen atoms in total. The van der Waals surface area contributed by atoms with Crippen LogP contribution in [0.15, 0.2) is 59.5 Å². The second-order valence-electron chi connectivity index (χ2n) is 9.21. The quantitative estimate of drug-likeness (QED) is 0.207. The van der Waals surface area contributed by atoms with Crippen LogP contribution < -0.4 is 14.2 Å². The second kappa shape index (κ2) is 9.86. The van der Waals surface area contributed by atoms with Crippen LogP contribution in [0.2, 0.25) is 0 Å². The summed E-state index contributed by atoms with van der Waals surface area (Å²) < 4.78 is 88.0. The Kier molecular flexibility index (Phi) is 7.13. The highest BCUT2D eigenvalue weighted by Crippen LogP contribution is 2.44. The summed E-state index contributed by atoms with van der Waals surface area (Å²) in [7, 11) is -4.54. The first-order chi connectivity index (χ1) is 17.3. The lowest BCUT2D eigenvalue weighted by atomic mass is 9.88. The van der Waals surface area contributed by atoms with Crippen LogP contribution in [0.25, 0.3) is 10.8 Å². The number of benzene rings is 3. The number of hydrogen-bond donors (Lipinski definition) is 1. The molecule has 0 unspecified atom stereocenters. The molecule has 0 atom stereocenters. The van der Waals surface area contributed by atoms with Gasteiger partial charge in [0.15, 0.2) is 11.5 Å². The molecule has 3 aromatic carbocycles. The highest BCUT2D eigenvalue weighted by Gasteiger charge is 2.41. The maximum absolute atomic E-state index is 13.1. The number of hydrogen-bond acceptors (Lipinski definition) is 6. The Labute approximate surface area is 211 Å². The van der Waals surface area contributed by atoms with Gasteiger partial charge in [-0.2, -0.15) is 8.42 Å². The van der Waals surface area contributed by atoms with Crippen LogP contribution in [0, 0.1) is 5.92 Å². The lowest BCUT2D eigenvalue weighted by Crippen LogP contribution is -2.38. The molecule has 0 amide bonds. The molecule has 1 fully saturated rings. The van der Waals surface area contributed by atoms with Gasteiger partial charge in [0.25, 0.3) is 10.1 Å². The third-order valence-corrected chi connectivity index (χ3v) is 7.46. The molecule has 198 valence electrons. The first-order valence-electron chi connectivity index (χ1n) is 11.6. The Morgan fingerprint density at radius 1 is 0.946 bits per heavy atom. The third-order valence-electron chi connectivity index (χ3n) is 6.55. The maximum Gasteiger partial charge on any atom is 0.573 e. The van der Waals surface area contributed by atoms with Gasteiger partial charge in [0.05, 0.1) is 5.56 Å². The zero-order valence-electron chi connectivity index (χ0n) is 20.0. The van der Waals surface area contributed by atoms with Crippen molar-refractivity contribution in [2.45, 2.75) is 56.4 Å². The largest absolute Gasteiger partial charge is 0.573 e. The summed E-state index contributed by atoms with van der Waals surface area (Å²) in [4.78, 5) is 12.7. The summed E-state index contributed by atoms with van der Waals surface area (Å²) in [6.45, 7) is 3.85. The summed E-state index contributed by atoms with van der Waals surface area (Å²) in [5.41, 5.74) is -0.794. The Morgan fingerprint density at radius 3 is 2.16 bits per heavy atom. The van der Waals surface area contributed by atoms with E-state index in [9.17, 15) is 30.9 Å². The number of carbonyl (C=O) groups excluding carboxylic acids is 1. The van der Waals surface area contributed by atoms with E-state index in [0.29, 0.717) is 12.8 Å². The van der Waals surface area contributed by atoms with E-state index >= 15 is 0 Å². The van der Waals surface area contributed by atoms with Gasteiger partial charge >= 0.3 is 12.3 Å². The molecule has 4 rings (SSSR count). The zero-order valence-corrected chi connectivity index (χ0v) is 20.9. The van der Waals surface area contributed by atoms with E-state index in [1.54, 1.807) is 12.1 Å². The van der Waals surface area contributed by atoms with Crippen molar-refractivity contribution in [1.82, 2.24) is 0 Å². The highest BCUT2D eigenvalue weighted by molar-refractivity contribution is 7.86. The normalized spacial score (nSPS) is 15.6. The first-order valence-corrected chi connectivity index (χ1v) is 13.0. The van der Waals surface area contributed by atoms with Crippen molar-refractivity contribution in [3.8, 4) is 17.2 Å². The fourth-order valence-corrected chi connectivity index (χ4v) is 5.33. The van der Waals surface area contributed by atoms with Crippen LogP contribution in [0.1, 0.15) is 49.9 Å². The molecule has 0 heterocycles. The number of halogens is 3. The number of ether oxygens (including phenoxy) is 3. The number of esters is 1. The summed E-state index contributed by atoms with van der Waals surface area (Å²) in [6.07, 6.45) is -1.94. The first kappa shape index (κ1) is 26.7. The molecule has 37 heavy (non-hydrogen) atoms. The van der Waals surface area contributed by atoms with Gasteiger partial charge < -0.3 is 14.2 Å². The van der Waals surface area contributed by atoms with Crippen LogP contribution in [0.4, 0.5) is 13.2 Å². The molecule has 1 N–H and O–H groups in total. The second-order valence-corrected chi connectivity index (χ2v) is 10.6. The van der Waals surface area contributed by atoms with E-state index in [1.807, 2.05) is 13.8 Å². The topological polar surface area (TPSA) is 99.1 Å². The maximum atomic E-state index is 13.1. The van der Waals surface area contributed by atoms with Crippen LogP contribution in [-0.4, -0.2) is 30.9 Å². The van der Waals surface area contributed by atoms with Gasteiger partial charge in [-0.25, -0.2) is 4.79 Å². The summed E-state index contributed by atoms with van der Waals surface area (Å²) >= 11 is 0. The Morgan fingerprint density at radius 2 is 1.57 bits per heavy atom. The Balaban J connectivity index is 1.71. The Bertz CT molecular complexity index is 1430. The van der Waals surface area contributed by atoms with Crippen molar-refractivity contribution < 1.29 is 45.1 Å². The summed E-state index contributed by atoms with van der Waals surface area (Å²) in [5.74, 6) is -1.70. The molecular weight excluding hydrogens is 513 g/mol. The van der Waals surface area contributed by atoms with Gasteiger partial charge in [0.1, 0.15) is 16.2 Å². The van der Waals surface area contributed by atoms with E-state index in [-0.39, 0.29) is 38.6 Å². The van der Waals surface area contributed by atoms with Gasteiger partial charge in [-0.15, -0.1) is 13.2 Å². The van der Waals surface area contributed by atoms with Crippen molar-refractivity contribution in [3.05, 3.63) is 60.2 Å². The Hall–Kier alpha value is -3.31. The summed E-state index contributed by atoms with van der Waals surface area (Å²) in [5, 5.41) is 0.373. The van der Waals surface area contributed by atoms with Crippen LogP contribution >= 0.6 is 0 Å². The number of carbonyl (C=O) groups is 1. The lowest BCUT2D eigenvalue weighted by molar-refractivity contribution is -0.275. The minimum absolute atomic E-state index is 0.000491. The van der Waals surface area contributed by atoms with Crippen LogP contribution in [0.3, 0.4) is 0 Å². The summed E-state index contributed by atoms with van der Waals surface area (Å²) in [6, 6.07) is 11.7. The van der Waals surface area contributed by atoms with Crippen LogP contribution in [-0.2, 0) is 10.1 Å². The van der Waals surface area contributed by atoms with Gasteiger partial charge in [-0.05, 0) is 61.9 Å². The van der Waals surface area contributed by atoms with E-state index in [1.165, 1.54) is 18.2 Å². The van der Waals surface area contributed by atoms with Crippen molar-refractivity contribution in [2.24, 2.45) is 5.92 Å². The standard InChI is InChI=1S/C26H25F3O7S/c1-16(2)25(13-5-6-14-25)35-22-15-17(9-10-21(22)36-26(27,28)29)24(30)34-20-11-12-23(37(31,32)33)19-8-4-3-7-18(19)20/h3-4,7-12,15-16H,5-6,13-14H2,1-2H3,(H,31,32,33). The van der Waals surface area contributed by atoms with E-state index < -0.39 is 33.8 Å². The molecule has 3 aromatic rings. The molecule has 0 aromatic heterocycles. The van der Waals surface area contributed by atoms with Crippen molar-refractivity contribution >= 4 is 26.9 Å². The monoisotopic (exact) mass is 538 g/mol.